The molecule has 0 radical (unpaired) electrons. The molecule has 21 rings (SSSR count). The molecule has 0 spiro atoms. The summed E-state index contributed by atoms with van der Waals surface area (Å²) in [5.41, 5.74) is 27.6. The van der Waals surface area contributed by atoms with Crippen LogP contribution in [0.5, 0.6) is 0 Å². The van der Waals surface area contributed by atoms with E-state index in [0.29, 0.717) is 0 Å². The molecule has 15 aromatic carbocycles. The first kappa shape index (κ1) is 66.3. The van der Waals surface area contributed by atoms with Crippen molar-refractivity contribution in [3.63, 3.8) is 0 Å². The Morgan fingerprint density at radius 3 is 0.745 bits per heavy atom. The summed E-state index contributed by atoms with van der Waals surface area (Å²) in [4.78, 5) is 9.46. The van der Waals surface area contributed by atoms with Crippen LogP contribution in [0.4, 0.5) is 68.2 Å². The summed E-state index contributed by atoms with van der Waals surface area (Å²) in [5, 5.41) is 7.49. The monoisotopic (exact) mass is 1420 g/mol. The Bertz CT molecular complexity index is 6390. The molecule has 0 unspecified atom stereocenters. The lowest BCUT2D eigenvalue weighted by Gasteiger charge is -2.30. The number of rotatable bonds is 12. The van der Waals surface area contributed by atoms with Crippen LogP contribution in [0.25, 0.3) is 77.6 Å². The highest BCUT2D eigenvalue weighted by molar-refractivity contribution is 6.09. The largest absolute Gasteiger partial charge is 0.455 e. The van der Waals surface area contributed by atoms with Gasteiger partial charge >= 0.3 is 0 Å². The fourth-order valence-corrected chi connectivity index (χ4v) is 18.8. The molecule has 0 N–H and O–H groups in total. The smallest absolute Gasteiger partial charge is 0.139 e. The highest BCUT2D eigenvalue weighted by Gasteiger charge is 2.52. The van der Waals surface area contributed by atoms with Crippen molar-refractivity contribution in [2.75, 3.05) is 19.6 Å². The fraction of sp³-hybridized carbons (Fsp3) is 0.115. The number of para-hydroxylation sites is 6. The quantitative estimate of drug-likeness (QED) is 0.114. The second kappa shape index (κ2) is 25.2. The molecular formula is C104H82N4O2. The molecule has 2 heterocycles. The second-order valence-electron chi connectivity index (χ2n) is 32.0. The van der Waals surface area contributed by atoms with Crippen molar-refractivity contribution in [1.29, 1.82) is 0 Å². The zero-order valence-electron chi connectivity index (χ0n) is 63.1. The van der Waals surface area contributed by atoms with Gasteiger partial charge in [-0.1, -0.05) is 237 Å². The third-order valence-electron chi connectivity index (χ3n) is 24.1. The molecule has 0 saturated carbocycles. The Morgan fingerprint density at radius 1 is 0.182 bits per heavy atom. The van der Waals surface area contributed by atoms with Gasteiger partial charge in [-0.05, 0) is 224 Å². The number of nitrogens with zero attached hydrogens (tertiary/aromatic N) is 4. The van der Waals surface area contributed by atoms with E-state index in [1.54, 1.807) is 0 Å². The third kappa shape index (κ3) is 10.4. The standard InChI is InChI=1S/C54H42N2O.C50H40N2O/c1-53(2)47-33-41(55(37-17-8-5-9-18-37)38-19-10-6-11-20-38)27-30-45(47)51-49(53)50-52(57-51)46-31-28-42(34-48(46)54(50,3)4)56(39-21-12-7-13-22-39)40-26-29-44-36(32-40)25-24-35-16-14-15-23-43(35)44;1-49(2)43-31-39(51(35-18-8-5-9-19-35)36-20-10-6-11-21-36)26-28-41(43)47-45(49)46-48(53-47)42-29-27-40(32-44(42)50(46,3)4)52(37-22-12-7-13-23-37)38-25-24-33-16-14-15-17-34(33)30-38/h5-34H,1-4H3;5-32H,1-4H3. The van der Waals surface area contributed by atoms with E-state index in [1.807, 2.05) is 0 Å². The first-order chi connectivity index (χ1) is 53.6. The number of fused-ring (bicyclic) bond motifs is 18. The van der Waals surface area contributed by atoms with Gasteiger partial charge in [0.25, 0.3) is 0 Å². The van der Waals surface area contributed by atoms with Crippen LogP contribution >= 0.6 is 0 Å². The topological polar surface area (TPSA) is 39.2 Å². The maximum Gasteiger partial charge on any atom is 0.139 e. The molecule has 4 aliphatic rings. The van der Waals surface area contributed by atoms with Gasteiger partial charge in [0, 0.05) is 134 Å². The molecule has 17 aromatic rings. The van der Waals surface area contributed by atoms with E-state index in [9.17, 15) is 0 Å². The molecule has 530 valence electrons. The molecule has 0 aliphatic heterocycles. The van der Waals surface area contributed by atoms with Crippen molar-refractivity contribution in [3.05, 3.63) is 396 Å². The Labute approximate surface area is 643 Å². The van der Waals surface area contributed by atoms with Crippen molar-refractivity contribution < 1.29 is 8.83 Å². The van der Waals surface area contributed by atoms with E-state index < -0.39 is 0 Å². The van der Waals surface area contributed by atoms with Gasteiger partial charge in [0.2, 0.25) is 0 Å². The second-order valence-corrected chi connectivity index (χ2v) is 32.0. The molecule has 0 fully saturated rings. The minimum atomic E-state index is -0.287. The molecule has 4 aliphatic carbocycles. The van der Waals surface area contributed by atoms with E-state index in [4.69, 9.17) is 8.83 Å². The van der Waals surface area contributed by atoms with E-state index in [-0.39, 0.29) is 21.7 Å². The predicted octanol–water partition coefficient (Wildman–Crippen LogP) is 29.1. The van der Waals surface area contributed by atoms with Gasteiger partial charge in [-0.25, -0.2) is 0 Å². The zero-order valence-corrected chi connectivity index (χ0v) is 63.1. The number of hydrogen-bond donors (Lipinski definition) is 0. The molecule has 0 amide bonds. The summed E-state index contributed by atoms with van der Waals surface area (Å²) in [6.45, 7) is 19.0. The Hall–Kier alpha value is -13.2. The van der Waals surface area contributed by atoms with E-state index in [2.05, 4.69) is 427 Å². The predicted molar refractivity (Wildman–Crippen MR) is 459 cm³/mol. The summed E-state index contributed by atoms with van der Waals surface area (Å²) in [6, 6.07) is 127. The van der Waals surface area contributed by atoms with Gasteiger partial charge in [0.15, 0.2) is 0 Å². The molecule has 0 atom stereocenters. The molecule has 110 heavy (non-hydrogen) atoms. The number of benzene rings is 15. The van der Waals surface area contributed by atoms with Gasteiger partial charge in [0.1, 0.15) is 23.0 Å². The van der Waals surface area contributed by atoms with Crippen molar-refractivity contribution >= 4 is 101 Å². The highest BCUT2D eigenvalue weighted by Crippen LogP contribution is 2.65. The maximum absolute atomic E-state index is 7.09. The van der Waals surface area contributed by atoms with Crippen molar-refractivity contribution in [2.45, 2.75) is 77.0 Å². The van der Waals surface area contributed by atoms with E-state index in [0.717, 1.165) is 91.3 Å². The molecule has 0 saturated heterocycles. The van der Waals surface area contributed by atoms with Crippen LogP contribution in [0, 0.1) is 0 Å². The lowest BCUT2D eigenvalue weighted by molar-refractivity contribution is 0.592. The lowest BCUT2D eigenvalue weighted by atomic mass is 9.74. The molecule has 0 bridgehead atoms. The maximum atomic E-state index is 7.09. The van der Waals surface area contributed by atoms with Crippen LogP contribution in [-0.2, 0) is 21.7 Å². The summed E-state index contributed by atoms with van der Waals surface area (Å²) in [7, 11) is 0. The number of furan rings is 2. The average molecular weight is 1420 g/mol. The minimum absolute atomic E-state index is 0.264. The first-order valence-electron chi connectivity index (χ1n) is 38.5. The van der Waals surface area contributed by atoms with Gasteiger partial charge in [-0.2, -0.15) is 0 Å². The normalized spacial score (nSPS) is 14.3. The van der Waals surface area contributed by atoms with Crippen LogP contribution in [0.15, 0.2) is 361 Å². The molecular weight excluding hydrogens is 1340 g/mol. The summed E-state index contributed by atoms with van der Waals surface area (Å²) in [5.74, 6) is 4.04. The first-order valence-corrected chi connectivity index (χ1v) is 38.5. The summed E-state index contributed by atoms with van der Waals surface area (Å²) >= 11 is 0. The Kier molecular flexibility index (Phi) is 15.2. The zero-order chi connectivity index (χ0) is 74.4. The molecule has 6 heteroatoms. The lowest BCUT2D eigenvalue weighted by Crippen LogP contribution is -2.23. The Morgan fingerprint density at radius 2 is 0.409 bits per heavy atom. The SMILES string of the molecule is CC1(C)c2cc(N(c3ccccc3)c3ccccc3)ccc2-c2oc3c(c21)C(C)(C)c1cc(N(c2ccccc2)c2ccc4c(ccc5ccccc54)c2)ccc1-3.CC1(C)c2cc(N(c3ccccc3)c3ccccc3)ccc2-c2oc3c(c21)C(C)(C)c1cc(N(c2ccccc2)c2ccc4ccccc4c2)ccc1-3. The minimum Gasteiger partial charge on any atom is -0.455 e. The van der Waals surface area contributed by atoms with Crippen LogP contribution in [0.1, 0.15) is 99.9 Å². The van der Waals surface area contributed by atoms with E-state index in [1.165, 1.54) is 99.1 Å². The van der Waals surface area contributed by atoms with Crippen molar-refractivity contribution in [2.24, 2.45) is 0 Å². The summed E-state index contributed by atoms with van der Waals surface area (Å²) in [6.07, 6.45) is 0. The van der Waals surface area contributed by atoms with Crippen LogP contribution in [0.2, 0.25) is 0 Å². The van der Waals surface area contributed by atoms with Gasteiger partial charge in [0.05, 0.1) is 0 Å². The van der Waals surface area contributed by atoms with Crippen LogP contribution in [0.3, 0.4) is 0 Å². The molecule has 2 aromatic heterocycles. The van der Waals surface area contributed by atoms with E-state index >= 15 is 0 Å². The summed E-state index contributed by atoms with van der Waals surface area (Å²) < 4.78 is 14.1. The van der Waals surface area contributed by atoms with Crippen LogP contribution < -0.4 is 19.6 Å². The fourth-order valence-electron chi connectivity index (χ4n) is 18.8. The Balaban J connectivity index is 0.000000144. The number of anilines is 12. The van der Waals surface area contributed by atoms with Gasteiger partial charge < -0.3 is 28.4 Å². The average Bonchev–Trinajstić information content (AvgIpc) is 1.52. The van der Waals surface area contributed by atoms with Crippen LogP contribution in [-0.4, -0.2) is 0 Å². The highest BCUT2D eigenvalue weighted by atomic mass is 16.3. The molecule has 6 nitrogen and oxygen atoms in total. The van der Waals surface area contributed by atoms with Gasteiger partial charge in [-0.15, -0.1) is 0 Å². The van der Waals surface area contributed by atoms with Crippen molar-refractivity contribution in [3.8, 4) is 45.3 Å². The third-order valence-corrected chi connectivity index (χ3v) is 24.1. The number of hydrogen-bond acceptors (Lipinski definition) is 6. The van der Waals surface area contributed by atoms with Crippen molar-refractivity contribution in [1.82, 2.24) is 0 Å². The van der Waals surface area contributed by atoms with Gasteiger partial charge in [-0.3, -0.25) is 0 Å².